The number of fused-ring (bicyclic) bond motifs is 10. The molecule has 0 aromatic carbocycles. The molecule has 5 fully saturated rings. The van der Waals surface area contributed by atoms with Crippen LogP contribution in [0.4, 0.5) is 0 Å². The molecule has 8 aliphatic rings. The maximum absolute atomic E-state index is 12.4. The summed E-state index contributed by atoms with van der Waals surface area (Å²) < 4.78 is 0. The van der Waals surface area contributed by atoms with Crippen LogP contribution >= 0.6 is 0 Å². The van der Waals surface area contributed by atoms with Gasteiger partial charge in [0.25, 0.3) is 0 Å². The van der Waals surface area contributed by atoms with Crippen molar-refractivity contribution < 1.29 is 9.59 Å². The van der Waals surface area contributed by atoms with Gasteiger partial charge in [-0.3, -0.25) is 9.59 Å². The van der Waals surface area contributed by atoms with Crippen molar-refractivity contribution >= 4 is 11.6 Å². The van der Waals surface area contributed by atoms with Gasteiger partial charge >= 0.3 is 0 Å². The summed E-state index contributed by atoms with van der Waals surface area (Å²) in [5.74, 6) is 7.03. The van der Waals surface area contributed by atoms with Crippen molar-refractivity contribution in [2.24, 2.45) is 69.0 Å². The van der Waals surface area contributed by atoms with Crippen LogP contribution in [0.25, 0.3) is 0 Å². The molecule has 8 aliphatic carbocycles. The lowest BCUT2D eigenvalue weighted by atomic mass is 9.47. The first-order valence-corrected chi connectivity index (χ1v) is 18.0. The monoisotopic (exact) mass is 570 g/mol. The van der Waals surface area contributed by atoms with Crippen molar-refractivity contribution in [3.63, 3.8) is 0 Å². The molecule has 2 heteroatoms. The Hall–Kier alpha value is -1.44. The molecule has 0 bridgehead atoms. The molecule has 230 valence electrons. The van der Waals surface area contributed by atoms with E-state index in [4.69, 9.17) is 0 Å². The zero-order chi connectivity index (χ0) is 29.7. The van der Waals surface area contributed by atoms with E-state index < -0.39 is 0 Å². The molecule has 8 unspecified atom stereocenters. The molecule has 0 aromatic heterocycles. The van der Waals surface area contributed by atoms with E-state index in [1.807, 2.05) is 6.08 Å². The minimum absolute atomic E-state index is 0.0326. The van der Waals surface area contributed by atoms with E-state index in [1.165, 1.54) is 70.6 Å². The van der Waals surface area contributed by atoms with Gasteiger partial charge in [0, 0.05) is 17.3 Å². The highest BCUT2D eigenvalue weighted by atomic mass is 16.1. The minimum atomic E-state index is -0.0785. The second kappa shape index (κ2) is 10.0. The average molecular weight is 571 g/mol. The molecule has 42 heavy (non-hydrogen) atoms. The molecule has 8 rings (SSSR count). The van der Waals surface area contributed by atoms with Crippen LogP contribution in [0.3, 0.4) is 0 Å². The summed E-state index contributed by atoms with van der Waals surface area (Å²) in [5, 5.41) is 0. The fourth-order valence-corrected chi connectivity index (χ4v) is 12.7. The van der Waals surface area contributed by atoms with E-state index in [0.717, 1.165) is 48.9 Å². The Bertz CT molecular complexity index is 1230. The van der Waals surface area contributed by atoms with Crippen LogP contribution in [0, 0.1) is 69.0 Å². The number of Topliss-reactive ketones (excluding diaryl/α,β-unsaturated/α-hetero) is 1. The molecular formula is C40H58O2. The smallest absolute Gasteiger partial charge is 0.161 e. The normalized spacial score (nSPS) is 52.3. The van der Waals surface area contributed by atoms with Crippen LogP contribution in [-0.2, 0) is 9.59 Å². The molecule has 0 aliphatic heterocycles. The Balaban J connectivity index is 0.000000137. The van der Waals surface area contributed by atoms with Crippen molar-refractivity contribution in [2.45, 2.75) is 131 Å². The maximum Gasteiger partial charge on any atom is 0.161 e. The summed E-state index contributed by atoms with van der Waals surface area (Å²) in [6.07, 6.45) is 26.8. The molecule has 2 nitrogen and oxygen atoms in total. The van der Waals surface area contributed by atoms with E-state index >= 15 is 0 Å². The number of carbonyl (C=O) groups excluding carboxylic acids is 2. The standard InChI is InChI=1S/C20H30O.C20H28O/c2*1-13-8-10-19(2)14(12-13)4-5-15-16-6-7-18(21)20(16,3)11-9-17(15)19/h4,13,15-17H,5-12H2,1-3H3;4,6-7,13,15-17H,5,8-12H2,1-3H3/t2*13?,15?,16?,17?,19-,20-/m00/s1. The quantitative estimate of drug-likeness (QED) is 0.272. The SMILES string of the molecule is CC1CC[C@@]2(C)C(=CCC3C2CC[C@]2(C)C(=O)C=CC32)C1.CC1CC[C@@]2(C)C(=CCC3C2CC[C@]2(C)C(=O)CCC32)C1. The lowest BCUT2D eigenvalue weighted by Crippen LogP contribution is -2.50. The summed E-state index contributed by atoms with van der Waals surface area (Å²) in [5.41, 5.74) is 4.36. The molecule has 0 heterocycles. The first-order chi connectivity index (χ1) is 19.9. The van der Waals surface area contributed by atoms with Gasteiger partial charge in [0.15, 0.2) is 5.78 Å². The number of carbonyl (C=O) groups is 2. The first kappa shape index (κ1) is 29.3. The highest BCUT2D eigenvalue weighted by Crippen LogP contribution is 2.65. The first-order valence-electron chi connectivity index (χ1n) is 18.0. The third-order valence-electron chi connectivity index (χ3n) is 15.7. The fraction of sp³-hybridized carbons (Fsp3) is 0.800. The highest BCUT2D eigenvalue weighted by molar-refractivity contribution is 5.97. The Labute approximate surface area is 256 Å². The Morgan fingerprint density at radius 1 is 0.619 bits per heavy atom. The summed E-state index contributed by atoms with van der Waals surface area (Å²) >= 11 is 0. The number of hydrogen-bond donors (Lipinski definition) is 0. The van der Waals surface area contributed by atoms with Crippen molar-refractivity contribution in [2.75, 3.05) is 0 Å². The molecular weight excluding hydrogens is 512 g/mol. The number of allylic oxidation sites excluding steroid dienone is 6. The summed E-state index contributed by atoms with van der Waals surface area (Å²) in [7, 11) is 0. The summed E-state index contributed by atoms with van der Waals surface area (Å²) in [6, 6.07) is 0. The van der Waals surface area contributed by atoms with Gasteiger partial charge in [-0.05, 0) is 148 Å². The van der Waals surface area contributed by atoms with E-state index in [-0.39, 0.29) is 10.8 Å². The van der Waals surface area contributed by atoms with Gasteiger partial charge in [0.05, 0.1) is 0 Å². The predicted octanol–water partition coefficient (Wildman–Crippen LogP) is 10.1. The van der Waals surface area contributed by atoms with Crippen molar-refractivity contribution in [3.05, 3.63) is 35.5 Å². The van der Waals surface area contributed by atoms with Gasteiger partial charge in [0.1, 0.15) is 5.78 Å². The molecule has 0 N–H and O–H groups in total. The third kappa shape index (κ3) is 4.14. The minimum Gasteiger partial charge on any atom is -0.299 e. The maximum atomic E-state index is 12.4. The number of ketones is 2. The van der Waals surface area contributed by atoms with E-state index in [1.54, 1.807) is 11.1 Å². The summed E-state index contributed by atoms with van der Waals surface area (Å²) in [4.78, 5) is 24.7. The van der Waals surface area contributed by atoms with E-state index in [9.17, 15) is 9.59 Å². The van der Waals surface area contributed by atoms with Gasteiger partial charge in [-0.15, -0.1) is 0 Å². The molecule has 0 amide bonds. The van der Waals surface area contributed by atoms with Crippen LogP contribution in [0.1, 0.15) is 131 Å². The van der Waals surface area contributed by atoms with Gasteiger partial charge in [-0.1, -0.05) is 70.9 Å². The van der Waals surface area contributed by atoms with Crippen LogP contribution in [0.5, 0.6) is 0 Å². The molecule has 5 saturated carbocycles. The van der Waals surface area contributed by atoms with Crippen LogP contribution < -0.4 is 0 Å². The highest BCUT2D eigenvalue weighted by Gasteiger charge is 2.59. The topological polar surface area (TPSA) is 34.1 Å². The fourth-order valence-electron chi connectivity index (χ4n) is 12.7. The predicted molar refractivity (Wildman–Crippen MR) is 172 cm³/mol. The lowest BCUT2D eigenvalue weighted by Gasteiger charge is -2.57. The van der Waals surface area contributed by atoms with Crippen LogP contribution in [0.15, 0.2) is 35.5 Å². The van der Waals surface area contributed by atoms with Crippen molar-refractivity contribution in [1.82, 2.24) is 0 Å². The zero-order valence-electron chi connectivity index (χ0n) is 27.6. The van der Waals surface area contributed by atoms with Gasteiger partial charge in [0.2, 0.25) is 0 Å². The second-order valence-corrected chi connectivity index (χ2v) is 17.7. The Kier molecular flexibility index (Phi) is 7.00. The molecule has 0 saturated heterocycles. The molecule has 0 radical (unpaired) electrons. The molecule has 0 aromatic rings. The molecule has 0 spiro atoms. The largest absolute Gasteiger partial charge is 0.299 e. The van der Waals surface area contributed by atoms with Crippen molar-refractivity contribution in [3.8, 4) is 0 Å². The van der Waals surface area contributed by atoms with Gasteiger partial charge < -0.3 is 0 Å². The van der Waals surface area contributed by atoms with E-state index in [0.29, 0.717) is 40.2 Å². The average Bonchev–Trinajstić information content (AvgIpc) is 3.44. The number of hydrogen-bond acceptors (Lipinski definition) is 2. The van der Waals surface area contributed by atoms with Crippen LogP contribution in [0.2, 0.25) is 0 Å². The van der Waals surface area contributed by atoms with Gasteiger partial charge in [-0.25, -0.2) is 0 Å². The van der Waals surface area contributed by atoms with Gasteiger partial charge in [-0.2, -0.15) is 0 Å². The zero-order valence-corrected chi connectivity index (χ0v) is 27.6. The lowest BCUT2D eigenvalue weighted by molar-refractivity contribution is -0.132. The van der Waals surface area contributed by atoms with Crippen molar-refractivity contribution in [1.29, 1.82) is 0 Å². The second-order valence-electron chi connectivity index (χ2n) is 17.7. The van der Waals surface area contributed by atoms with Crippen LogP contribution in [-0.4, -0.2) is 11.6 Å². The molecule has 12 atom stereocenters. The number of rotatable bonds is 0. The third-order valence-corrected chi connectivity index (χ3v) is 15.7. The van der Waals surface area contributed by atoms with E-state index in [2.05, 4.69) is 59.8 Å². The Morgan fingerprint density at radius 3 is 1.74 bits per heavy atom. The Morgan fingerprint density at radius 2 is 1.12 bits per heavy atom. The summed E-state index contributed by atoms with van der Waals surface area (Å²) in [6.45, 7) is 14.4.